The van der Waals surface area contributed by atoms with Gasteiger partial charge >= 0.3 is 0 Å². The number of benzene rings is 1. The summed E-state index contributed by atoms with van der Waals surface area (Å²) in [6, 6.07) is 10.0. The molecular weight excluding hydrogens is 230 g/mol. The van der Waals surface area contributed by atoms with Crippen molar-refractivity contribution in [1.29, 1.82) is 0 Å². The van der Waals surface area contributed by atoms with Gasteiger partial charge in [-0.1, -0.05) is 18.2 Å². The van der Waals surface area contributed by atoms with E-state index in [-0.39, 0.29) is 18.2 Å². The van der Waals surface area contributed by atoms with E-state index in [0.717, 1.165) is 12.3 Å². The molecule has 4 nitrogen and oxygen atoms in total. The van der Waals surface area contributed by atoms with E-state index in [1.165, 1.54) is 0 Å². The van der Waals surface area contributed by atoms with Crippen molar-refractivity contribution >= 4 is 0 Å². The maximum Gasteiger partial charge on any atom is 0.163 e. The van der Waals surface area contributed by atoms with E-state index in [4.69, 9.17) is 14.2 Å². The van der Waals surface area contributed by atoms with Crippen LogP contribution in [0, 0.1) is 0 Å². The Morgan fingerprint density at radius 2 is 2.06 bits per heavy atom. The molecule has 2 saturated heterocycles. The minimum absolute atomic E-state index is 0.0868. The summed E-state index contributed by atoms with van der Waals surface area (Å²) in [5.41, 5.74) is 0. The van der Waals surface area contributed by atoms with Gasteiger partial charge < -0.3 is 19.5 Å². The molecule has 1 N–H and O–H groups in total. The molecule has 3 rings (SSSR count). The van der Waals surface area contributed by atoms with Crippen molar-refractivity contribution in [3.05, 3.63) is 30.3 Å². The third-order valence-electron chi connectivity index (χ3n) is 3.37. The Morgan fingerprint density at radius 3 is 2.83 bits per heavy atom. The second-order valence-electron chi connectivity index (χ2n) is 5.28. The largest absolute Gasteiger partial charge is 0.492 e. The quantitative estimate of drug-likeness (QED) is 0.882. The van der Waals surface area contributed by atoms with Gasteiger partial charge in [0.25, 0.3) is 0 Å². The molecule has 0 amide bonds. The fourth-order valence-electron chi connectivity index (χ4n) is 2.60. The Hall–Kier alpha value is -1.10. The zero-order valence-electron chi connectivity index (χ0n) is 10.8. The SMILES string of the molecule is CC1(C)O[C@H]2[C@H](CN[C@@H]2COc2ccccc2)O1. The van der Waals surface area contributed by atoms with Gasteiger partial charge in [0.15, 0.2) is 5.79 Å². The van der Waals surface area contributed by atoms with Crippen LogP contribution in [0.2, 0.25) is 0 Å². The Kier molecular flexibility index (Phi) is 3.01. The van der Waals surface area contributed by atoms with Gasteiger partial charge in [-0.25, -0.2) is 0 Å². The lowest BCUT2D eigenvalue weighted by atomic mass is 10.1. The number of nitrogens with one attached hydrogen (secondary N) is 1. The molecule has 2 aliphatic heterocycles. The highest BCUT2D eigenvalue weighted by atomic mass is 16.8. The van der Waals surface area contributed by atoms with Crippen LogP contribution in [-0.4, -0.2) is 37.2 Å². The Balaban J connectivity index is 1.58. The third-order valence-corrected chi connectivity index (χ3v) is 3.37. The number of hydrogen-bond acceptors (Lipinski definition) is 4. The maximum absolute atomic E-state index is 5.91. The highest BCUT2D eigenvalue weighted by Gasteiger charge is 2.49. The molecular formula is C14H19NO3. The van der Waals surface area contributed by atoms with Crippen LogP contribution in [0.15, 0.2) is 30.3 Å². The molecule has 98 valence electrons. The molecule has 0 spiro atoms. The van der Waals surface area contributed by atoms with Crippen LogP contribution in [0.1, 0.15) is 13.8 Å². The first kappa shape index (κ1) is 12.0. The molecule has 0 radical (unpaired) electrons. The average molecular weight is 249 g/mol. The predicted molar refractivity (Wildman–Crippen MR) is 67.6 cm³/mol. The predicted octanol–water partition coefficient (Wildman–Crippen LogP) is 1.56. The summed E-state index contributed by atoms with van der Waals surface area (Å²) in [4.78, 5) is 0. The first-order chi connectivity index (χ1) is 8.64. The van der Waals surface area contributed by atoms with Crippen LogP contribution >= 0.6 is 0 Å². The number of para-hydroxylation sites is 1. The summed E-state index contributed by atoms with van der Waals surface area (Å²) in [5, 5.41) is 3.39. The van der Waals surface area contributed by atoms with Crippen LogP contribution in [-0.2, 0) is 9.47 Å². The minimum Gasteiger partial charge on any atom is -0.492 e. The Bertz CT molecular complexity index is 407. The Morgan fingerprint density at radius 1 is 1.28 bits per heavy atom. The first-order valence-electron chi connectivity index (χ1n) is 6.41. The van der Waals surface area contributed by atoms with E-state index in [1.807, 2.05) is 44.2 Å². The van der Waals surface area contributed by atoms with Crippen molar-refractivity contribution < 1.29 is 14.2 Å². The highest BCUT2D eigenvalue weighted by Crippen LogP contribution is 2.32. The van der Waals surface area contributed by atoms with Crippen LogP contribution in [0.3, 0.4) is 0 Å². The number of hydrogen-bond donors (Lipinski definition) is 1. The molecule has 1 aromatic carbocycles. The van der Waals surface area contributed by atoms with Crippen molar-refractivity contribution in [3.8, 4) is 5.75 Å². The highest BCUT2D eigenvalue weighted by molar-refractivity contribution is 5.21. The summed E-state index contributed by atoms with van der Waals surface area (Å²) in [6.07, 6.45) is 0.230. The lowest BCUT2D eigenvalue weighted by molar-refractivity contribution is -0.153. The zero-order chi connectivity index (χ0) is 12.6. The van der Waals surface area contributed by atoms with Crippen LogP contribution in [0.25, 0.3) is 0 Å². The fourth-order valence-corrected chi connectivity index (χ4v) is 2.60. The molecule has 0 aliphatic carbocycles. The van der Waals surface area contributed by atoms with Crippen LogP contribution in [0.5, 0.6) is 5.75 Å². The van der Waals surface area contributed by atoms with E-state index in [0.29, 0.717) is 6.61 Å². The van der Waals surface area contributed by atoms with E-state index in [2.05, 4.69) is 5.32 Å². The monoisotopic (exact) mass is 249 g/mol. The van der Waals surface area contributed by atoms with Crippen LogP contribution in [0.4, 0.5) is 0 Å². The van der Waals surface area contributed by atoms with Gasteiger partial charge in [-0.15, -0.1) is 0 Å². The maximum atomic E-state index is 5.91. The molecule has 2 heterocycles. The summed E-state index contributed by atoms with van der Waals surface area (Å²) < 4.78 is 17.5. The molecule has 0 saturated carbocycles. The second-order valence-corrected chi connectivity index (χ2v) is 5.28. The van der Waals surface area contributed by atoms with Gasteiger partial charge in [0.1, 0.15) is 24.6 Å². The zero-order valence-corrected chi connectivity index (χ0v) is 10.8. The molecule has 2 fully saturated rings. The van der Waals surface area contributed by atoms with Crippen molar-refractivity contribution in [2.45, 2.75) is 37.9 Å². The number of ether oxygens (including phenoxy) is 3. The molecule has 2 aliphatic rings. The number of rotatable bonds is 3. The van der Waals surface area contributed by atoms with E-state index >= 15 is 0 Å². The van der Waals surface area contributed by atoms with Gasteiger partial charge in [0, 0.05) is 6.54 Å². The first-order valence-corrected chi connectivity index (χ1v) is 6.41. The second kappa shape index (κ2) is 4.53. The molecule has 0 bridgehead atoms. The normalized spacial score (nSPS) is 33.3. The van der Waals surface area contributed by atoms with E-state index in [1.54, 1.807) is 0 Å². The lowest BCUT2D eigenvalue weighted by Gasteiger charge is -2.22. The summed E-state index contributed by atoms with van der Waals surface area (Å²) >= 11 is 0. The van der Waals surface area contributed by atoms with Crippen molar-refractivity contribution in [2.75, 3.05) is 13.2 Å². The van der Waals surface area contributed by atoms with Gasteiger partial charge in [-0.2, -0.15) is 0 Å². The minimum atomic E-state index is -0.470. The molecule has 3 atom stereocenters. The summed E-state index contributed by atoms with van der Waals surface area (Å²) in [7, 11) is 0. The van der Waals surface area contributed by atoms with E-state index in [9.17, 15) is 0 Å². The van der Waals surface area contributed by atoms with Crippen molar-refractivity contribution in [2.24, 2.45) is 0 Å². The van der Waals surface area contributed by atoms with Crippen molar-refractivity contribution in [3.63, 3.8) is 0 Å². The van der Waals surface area contributed by atoms with Gasteiger partial charge in [0.05, 0.1) is 6.04 Å². The number of fused-ring (bicyclic) bond motifs is 1. The lowest BCUT2D eigenvalue weighted by Crippen LogP contribution is -2.39. The van der Waals surface area contributed by atoms with Gasteiger partial charge in [-0.05, 0) is 26.0 Å². The molecule has 1 aromatic rings. The molecule has 0 aromatic heterocycles. The average Bonchev–Trinajstić information content (AvgIpc) is 2.83. The summed E-state index contributed by atoms with van der Waals surface area (Å²) in [6.45, 7) is 5.35. The fraction of sp³-hybridized carbons (Fsp3) is 0.571. The van der Waals surface area contributed by atoms with Gasteiger partial charge in [0.2, 0.25) is 0 Å². The molecule has 4 heteroatoms. The molecule has 0 unspecified atom stereocenters. The van der Waals surface area contributed by atoms with Crippen molar-refractivity contribution in [1.82, 2.24) is 5.32 Å². The van der Waals surface area contributed by atoms with Gasteiger partial charge in [-0.3, -0.25) is 0 Å². The summed E-state index contributed by atoms with van der Waals surface area (Å²) in [5.74, 6) is 0.420. The molecule has 18 heavy (non-hydrogen) atoms. The standard InChI is InChI=1S/C14H19NO3/c1-14(2)17-12-8-15-11(13(12)18-14)9-16-10-6-4-3-5-7-10/h3-7,11-13,15H,8-9H2,1-2H3/t11-,12+,13-/m1/s1. The van der Waals surface area contributed by atoms with E-state index < -0.39 is 5.79 Å². The smallest absolute Gasteiger partial charge is 0.163 e. The van der Waals surface area contributed by atoms with Crippen LogP contribution < -0.4 is 10.1 Å². The third kappa shape index (κ3) is 2.36. The topological polar surface area (TPSA) is 39.7 Å². The Labute approximate surface area is 107 Å².